The standard InChI is InChI=1S/C28H31N5O/c1-20-4-9-24(10-5-20)31-14-16-32(17-15-31)25-11-7-23(8-12-25)18-29-28(34)27-22(3)30-26-13-6-21(2)19-33(26)27/h4-13,19H,14-18H2,1-3H3,(H,29,34). The minimum Gasteiger partial charge on any atom is -0.368 e. The Morgan fingerprint density at radius 1 is 0.794 bits per heavy atom. The van der Waals surface area contributed by atoms with Gasteiger partial charge in [0.05, 0.1) is 5.69 Å². The van der Waals surface area contributed by atoms with E-state index in [1.807, 2.05) is 36.6 Å². The van der Waals surface area contributed by atoms with Crippen LogP contribution in [0.5, 0.6) is 0 Å². The van der Waals surface area contributed by atoms with Crippen molar-refractivity contribution in [1.82, 2.24) is 14.7 Å². The van der Waals surface area contributed by atoms with E-state index in [1.54, 1.807) is 0 Å². The number of amides is 1. The number of rotatable bonds is 5. The first-order valence-electron chi connectivity index (χ1n) is 11.9. The monoisotopic (exact) mass is 453 g/mol. The summed E-state index contributed by atoms with van der Waals surface area (Å²) in [5.41, 5.74) is 8.12. The number of nitrogens with zero attached hydrogens (tertiary/aromatic N) is 4. The highest BCUT2D eigenvalue weighted by molar-refractivity contribution is 5.94. The maximum Gasteiger partial charge on any atom is 0.270 e. The number of imidazole rings is 1. The molecule has 4 aromatic rings. The SMILES string of the molecule is Cc1ccc(N2CCN(c3ccc(CNC(=O)c4c(C)nc5ccc(C)cn45)cc3)CC2)cc1. The van der Waals surface area contributed by atoms with Gasteiger partial charge in [-0.05, 0) is 62.2 Å². The van der Waals surface area contributed by atoms with Crippen LogP contribution in [0, 0.1) is 20.8 Å². The van der Waals surface area contributed by atoms with Crippen molar-refractivity contribution in [3.63, 3.8) is 0 Å². The van der Waals surface area contributed by atoms with Crippen molar-refractivity contribution in [2.75, 3.05) is 36.0 Å². The van der Waals surface area contributed by atoms with Crippen LogP contribution in [-0.4, -0.2) is 41.5 Å². The van der Waals surface area contributed by atoms with Gasteiger partial charge in [0.2, 0.25) is 0 Å². The summed E-state index contributed by atoms with van der Waals surface area (Å²) in [5.74, 6) is -0.105. The number of carbonyl (C=O) groups excluding carboxylic acids is 1. The number of pyridine rings is 1. The number of nitrogens with one attached hydrogen (secondary N) is 1. The minimum atomic E-state index is -0.105. The van der Waals surface area contributed by atoms with E-state index < -0.39 is 0 Å². The lowest BCUT2D eigenvalue weighted by Gasteiger charge is -2.37. The number of piperazine rings is 1. The van der Waals surface area contributed by atoms with E-state index in [9.17, 15) is 4.79 Å². The summed E-state index contributed by atoms with van der Waals surface area (Å²) >= 11 is 0. The quantitative estimate of drug-likeness (QED) is 0.483. The molecule has 1 fully saturated rings. The number of aromatic nitrogens is 2. The second kappa shape index (κ2) is 9.21. The molecule has 34 heavy (non-hydrogen) atoms. The maximum atomic E-state index is 12.9. The van der Waals surface area contributed by atoms with Crippen LogP contribution >= 0.6 is 0 Å². The Balaban J connectivity index is 1.18. The molecule has 1 N–H and O–H groups in total. The van der Waals surface area contributed by atoms with Crippen molar-refractivity contribution < 1.29 is 4.79 Å². The molecular weight excluding hydrogens is 422 g/mol. The van der Waals surface area contributed by atoms with Crippen LogP contribution in [0.15, 0.2) is 66.9 Å². The summed E-state index contributed by atoms with van der Waals surface area (Å²) in [5, 5.41) is 3.06. The fraction of sp³-hybridized carbons (Fsp3) is 0.286. The summed E-state index contributed by atoms with van der Waals surface area (Å²) in [6.45, 7) is 10.5. The van der Waals surface area contributed by atoms with Crippen LogP contribution in [0.3, 0.4) is 0 Å². The Morgan fingerprint density at radius 3 is 1.97 bits per heavy atom. The van der Waals surface area contributed by atoms with Gasteiger partial charge >= 0.3 is 0 Å². The molecule has 1 amide bonds. The van der Waals surface area contributed by atoms with E-state index in [2.05, 4.69) is 75.6 Å². The first-order valence-corrected chi connectivity index (χ1v) is 11.9. The zero-order valence-corrected chi connectivity index (χ0v) is 20.1. The van der Waals surface area contributed by atoms with Gasteiger partial charge in [0.15, 0.2) is 0 Å². The normalized spacial score (nSPS) is 14.0. The molecule has 0 radical (unpaired) electrons. The second-order valence-corrected chi connectivity index (χ2v) is 9.14. The number of carbonyl (C=O) groups is 1. The number of hydrogen-bond acceptors (Lipinski definition) is 4. The molecule has 6 heteroatoms. The number of hydrogen-bond donors (Lipinski definition) is 1. The lowest BCUT2D eigenvalue weighted by atomic mass is 10.1. The summed E-state index contributed by atoms with van der Waals surface area (Å²) in [4.78, 5) is 22.3. The summed E-state index contributed by atoms with van der Waals surface area (Å²) < 4.78 is 1.87. The molecule has 0 saturated carbocycles. The Morgan fingerprint density at radius 2 is 1.35 bits per heavy atom. The zero-order chi connectivity index (χ0) is 23.7. The lowest BCUT2D eigenvalue weighted by Crippen LogP contribution is -2.46. The van der Waals surface area contributed by atoms with Gasteiger partial charge in [-0.3, -0.25) is 9.20 Å². The molecule has 5 rings (SSSR count). The smallest absolute Gasteiger partial charge is 0.270 e. The average Bonchev–Trinajstić information content (AvgIpc) is 3.18. The van der Waals surface area contributed by atoms with Gasteiger partial charge < -0.3 is 15.1 Å². The van der Waals surface area contributed by atoms with Crippen molar-refractivity contribution in [1.29, 1.82) is 0 Å². The van der Waals surface area contributed by atoms with Crippen molar-refractivity contribution in [3.8, 4) is 0 Å². The summed E-state index contributed by atoms with van der Waals surface area (Å²) in [7, 11) is 0. The van der Waals surface area contributed by atoms with Gasteiger partial charge in [0.25, 0.3) is 5.91 Å². The third-order valence-corrected chi connectivity index (χ3v) is 6.59. The molecule has 3 heterocycles. The average molecular weight is 454 g/mol. The van der Waals surface area contributed by atoms with E-state index in [1.165, 1.54) is 16.9 Å². The molecule has 1 aliphatic rings. The van der Waals surface area contributed by atoms with Gasteiger partial charge in [-0.15, -0.1) is 0 Å². The van der Waals surface area contributed by atoms with Gasteiger partial charge in [-0.1, -0.05) is 35.9 Å². The predicted molar refractivity (Wildman–Crippen MR) is 138 cm³/mol. The number of benzene rings is 2. The van der Waals surface area contributed by atoms with Gasteiger partial charge in [-0.2, -0.15) is 0 Å². The Labute approximate surface area is 200 Å². The van der Waals surface area contributed by atoms with Gasteiger partial charge in [0, 0.05) is 50.3 Å². The highest BCUT2D eigenvalue weighted by Gasteiger charge is 2.18. The van der Waals surface area contributed by atoms with Crippen LogP contribution in [0.1, 0.15) is 32.9 Å². The maximum absolute atomic E-state index is 12.9. The first-order chi connectivity index (χ1) is 16.5. The first kappa shape index (κ1) is 22.0. The largest absolute Gasteiger partial charge is 0.368 e. The summed E-state index contributed by atoms with van der Waals surface area (Å²) in [6, 6.07) is 21.3. The molecule has 0 unspecified atom stereocenters. The minimum absolute atomic E-state index is 0.105. The molecule has 0 aliphatic carbocycles. The molecule has 6 nitrogen and oxygen atoms in total. The molecule has 174 valence electrons. The molecule has 2 aromatic carbocycles. The highest BCUT2D eigenvalue weighted by Crippen LogP contribution is 2.21. The molecule has 0 spiro atoms. The topological polar surface area (TPSA) is 52.9 Å². The Hall–Kier alpha value is -3.80. The molecule has 1 aliphatic heterocycles. The van der Waals surface area contributed by atoms with Gasteiger partial charge in [0.1, 0.15) is 11.3 Å². The van der Waals surface area contributed by atoms with E-state index in [-0.39, 0.29) is 5.91 Å². The Bertz CT molecular complexity index is 1300. The fourth-order valence-electron chi connectivity index (χ4n) is 4.61. The van der Waals surface area contributed by atoms with Crippen LogP contribution in [0.2, 0.25) is 0 Å². The molecule has 1 saturated heterocycles. The van der Waals surface area contributed by atoms with Crippen molar-refractivity contribution >= 4 is 22.9 Å². The van der Waals surface area contributed by atoms with E-state index in [0.29, 0.717) is 12.2 Å². The van der Waals surface area contributed by atoms with Crippen molar-refractivity contribution in [2.24, 2.45) is 0 Å². The lowest BCUT2D eigenvalue weighted by molar-refractivity contribution is 0.0944. The second-order valence-electron chi connectivity index (χ2n) is 9.14. The third-order valence-electron chi connectivity index (χ3n) is 6.59. The number of anilines is 2. The molecule has 0 atom stereocenters. The zero-order valence-electron chi connectivity index (χ0n) is 20.1. The molecular formula is C28H31N5O. The van der Waals surface area contributed by atoms with Crippen LogP contribution in [0.25, 0.3) is 5.65 Å². The van der Waals surface area contributed by atoms with Crippen LogP contribution in [-0.2, 0) is 6.54 Å². The van der Waals surface area contributed by atoms with E-state index in [4.69, 9.17) is 0 Å². The molecule has 2 aromatic heterocycles. The van der Waals surface area contributed by atoms with Crippen molar-refractivity contribution in [3.05, 3.63) is 94.9 Å². The van der Waals surface area contributed by atoms with Crippen LogP contribution < -0.4 is 15.1 Å². The van der Waals surface area contributed by atoms with Gasteiger partial charge in [-0.25, -0.2) is 4.98 Å². The molecule has 0 bridgehead atoms. The predicted octanol–water partition coefficient (Wildman–Crippen LogP) is 4.52. The van der Waals surface area contributed by atoms with Crippen LogP contribution in [0.4, 0.5) is 11.4 Å². The number of aryl methyl sites for hydroxylation is 3. The van der Waals surface area contributed by atoms with E-state index >= 15 is 0 Å². The highest BCUT2D eigenvalue weighted by atomic mass is 16.1. The summed E-state index contributed by atoms with van der Waals surface area (Å²) in [6.07, 6.45) is 1.96. The fourth-order valence-corrected chi connectivity index (χ4v) is 4.61. The third kappa shape index (κ3) is 4.49. The van der Waals surface area contributed by atoms with E-state index in [0.717, 1.165) is 48.6 Å². The Kier molecular flexibility index (Phi) is 5.97. The number of fused-ring (bicyclic) bond motifs is 1. The van der Waals surface area contributed by atoms with Crippen molar-refractivity contribution in [2.45, 2.75) is 27.3 Å².